The molecule has 21 heavy (non-hydrogen) atoms. The second-order valence-corrected chi connectivity index (χ2v) is 4.97. The molecular weight excluding hydrogens is 275 g/mol. The number of pyridine rings is 1. The summed E-state index contributed by atoms with van der Waals surface area (Å²) in [6.45, 7) is 2.44. The van der Waals surface area contributed by atoms with E-state index in [1.54, 1.807) is 0 Å². The Bertz CT molecular complexity index is 480. The Morgan fingerprint density at radius 2 is 2.14 bits per heavy atom. The summed E-state index contributed by atoms with van der Waals surface area (Å²) in [5, 5.41) is 11.4. The highest BCUT2D eigenvalue weighted by Crippen LogP contribution is 2.17. The predicted molar refractivity (Wildman–Crippen MR) is 76.4 cm³/mol. The van der Waals surface area contributed by atoms with Crippen LogP contribution in [-0.4, -0.2) is 28.5 Å². The number of carbonyl (C=O) groups is 2. The highest BCUT2D eigenvalue weighted by Gasteiger charge is 2.13. The number of carboxylic acids is 1. The summed E-state index contributed by atoms with van der Waals surface area (Å²) in [5.41, 5.74) is -0.0740. The number of hydrogen-bond donors (Lipinski definition) is 2. The van der Waals surface area contributed by atoms with Crippen LogP contribution in [0, 0.1) is 11.9 Å². The van der Waals surface area contributed by atoms with Crippen molar-refractivity contribution in [2.45, 2.75) is 39.0 Å². The van der Waals surface area contributed by atoms with Gasteiger partial charge in [0, 0.05) is 19.2 Å². The summed E-state index contributed by atoms with van der Waals surface area (Å²) < 4.78 is 13.3. The van der Waals surface area contributed by atoms with Gasteiger partial charge in [-0.1, -0.05) is 19.8 Å². The molecular formula is C15H21FN2O3. The number of nitrogens with zero attached hydrogens (tertiary/aromatic N) is 1. The van der Waals surface area contributed by atoms with Gasteiger partial charge < -0.3 is 10.4 Å². The zero-order valence-electron chi connectivity index (χ0n) is 12.1. The average molecular weight is 296 g/mol. The van der Waals surface area contributed by atoms with Crippen LogP contribution >= 0.6 is 0 Å². The fourth-order valence-electron chi connectivity index (χ4n) is 2.21. The van der Waals surface area contributed by atoms with E-state index in [-0.39, 0.29) is 17.9 Å². The maximum Gasteiger partial charge on any atom is 0.303 e. The van der Waals surface area contributed by atoms with E-state index in [9.17, 15) is 14.0 Å². The van der Waals surface area contributed by atoms with Crippen molar-refractivity contribution >= 4 is 11.9 Å². The van der Waals surface area contributed by atoms with Gasteiger partial charge in [-0.2, -0.15) is 4.39 Å². The van der Waals surface area contributed by atoms with Gasteiger partial charge in [0.15, 0.2) is 0 Å². The molecule has 1 heterocycles. The quantitative estimate of drug-likeness (QED) is 0.687. The smallest absolute Gasteiger partial charge is 0.303 e. The van der Waals surface area contributed by atoms with Crippen molar-refractivity contribution in [3.05, 3.63) is 29.8 Å². The first-order valence-corrected chi connectivity index (χ1v) is 7.15. The van der Waals surface area contributed by atoms with Crippen molar-refractivity contribution in [3.8, 4) is 0 Å². The summed E-state index contributed by atoms with van der Waals surface area (Å²) in [6.07, 6.45) is 4.60. The third-order valence-electron chi connectivity index (χ3n) is 3.31. The monoisotopic (exact) mass is 296 g/mol. The largest absolute Gasteiger partial charge is 0.481 e. The molecule has 1 aromatic rings. The fourth-order valence-corrected chi connectivity index (χ4v) is 2.21. The predicted octanol–water partition coefficient (Wildman–Crippen LogP) is 2.62. The number of amides is 1. The number of aromatic nitrogens is 1. The molecule has 0 spiro atoms. The molecule has 0 fully saturated rings. The summed E-state index contributed by atoms with van der Waals surface area (Å²) in [6, 6.07) is 2.89. The number of hydrogen-bond acceptors (Lipinski definition) is 3. The van der Waals surface area contributed by atoms with Crippen molar-refractivity contribution in [2.75, 3.05) is 6.54 Å². The fraction of sp³-hybridized carbons (Fsp3) is 0.533. The van der Waals surface area contributed by atoms with Crippen LogP contribution in [0.5, 0.6) is 0 Å². The van der Waals surface area contributed by atoms with E-state index < -0.39 is 17.8 Å². The number of carbonyl (C=O) groups excluding carboxylic acids is 1. The minimum absolute atomic E-state index is 0.0740. The van der Waals surface area contributed by atoms with Crippen molar-refractivity contribution < 1.29 is 19.1 Å². The molecule has 1 atom stereocenters. The Kier molecular flexibility index (Phi) is 7.36. The van der Waals surface area contributed by atoms with E-state index in [1.807, 2.05) is 6.92 Å². The van der Waals surface area contributed by atoms with Gasteiger partial charge in [0.05, 0.1) is 5.56 Å². The summed E-state index contributed by atoms with van der Waals surface area (Å²) >= 11 is 0. The molecule has 0 saturated carbocycles. The molecule has 0 aliphatic heterocycles. The van der Waals surface area contributed by atoms with Crippen LogP contribution in [-0.2, 0) is 4.79 Å². The van der Waals surface area contributed by atoms with E-state index in [1.165, 1.54) is 18.3 Å². The third kappa shape index (κ3) is 6.33. The van der Waals surface area contributed by atoms with Crippen molar-refractivity contribution in [1.82, 2.24) is 10.3 Å². The maximum atomic E-state index is 13.3. The van der Waals surface area contributed by atoms with Crippen molar-refractivity contribution in [2.24, 2.45) is 5.92 Å². The van der Waals surface area contributed by atoms with E-state index in [4.69, 9.17) is 5.11 Å². The summed E-state index contributed by atoms with van der Waals surface area (Å²) in [4.78, 5) is 25.8. The van der Waals surface area contributed by atoms with E-state index in [0.717, 1.165) is 12.8 Å². The second kappa shape index (κ2) is 9.05. The minimum atomic E-state index is -0.808. The standard InChI is InChI=1S/C15H21FN2O3/c1-2-4-11(6-7-13(19)20)8-10-18-15(21)12-5-3-9-17-14(12)16/h3,5,9,11H,2,4,6-8,10H2,1H3,(H,18,21)(H,19,20). The first-order valence-electron chi connectivity index (χ1n) is 7.15. The Morgan fingerprint density at radius 3 is 2.76 bits per heavy atom. The van der Waals surface area contributed by atoms with Crippen LogP contribution in [0.3, 0.4) is 0 Å². The average Bonchev–Trinajstić information content (AvgIpc) is 2.45. The van der Waals surface area contributed by atoms with E-state index in [0.29, 0.717) is 19.4 Å². The van der Waals surface area contributed by atoms with Crippen molar-refractivity contribution in [3.63, 3.8) is 0 Å². The molecule has 116 valence electrons. The number of rotatable bonds is 9. The minimum Gasteiger partial charge on any atom is -0.481 e. The molecule has 0 saturated heterocycles. The molecule has 1 aromatic heterocycles. The molecule has 0 bridgehead atoms. The number of halogens is 1. The number of nitrogens with one attached hydrogen (secondary N) is 1. The Morgan fingerprint density at radius 1 is 1.38 bits per heavy atom. The first kappa shape index (κ1) is 17.1. The van der Waals surface area contributed by atoms with Gasteiger partial charge in [0.2, 0.25) is 5.95 Å². The molecule has 1 amide bonds. The second-order valence-electron chi connectivity index (χ2n) is 4.97. The maximum absolute atomic E-state index is 13.3. The van der Waals surface area contributed by atoms with Gasteiger partial charge in [-0.05, 0) is 30.9 Å². The van der Waals surface area contributed by atoms with Crippen LogP contribution in [0.4, 0.5) is 4.39 Å². The zero-order valence-corrected chi connectivity index (χ0v) is 12.1. The van der Waals surface area contributed by atoms with Gasteiger partial charge in [0.1, 0.15) is 0 Å². The lowest BCUT2D eigenvalue weighted by Crippen LogP contribution is -2.27. The highest BCUT2D eigenvalue weighted by atomic mass is 19.1. The van der Waals surface area contributed by atoms with Crippen LogP contribution in [0.1, 0.15) is 49.4 Å². The van der Waals surface area contributed by atoms with E-state index >= 15 is 0 Å². The van der Waals surface area contributed by atoms with Crippen LogP contribution in [0.25, 0.3) is 0 Å². The van der Waals surface area contributed by atoms with Gasteiger partial charge in [-0.15, -0.1) is 0 Å². The van der Waals surface area contributed by atoms with Gasteiger partial charge in [-0.25, -0.2) is 4.98 Å². The molecule has 6 heteroatoms. The van der Waals surface area contributed by atoms with Gasteiger partial charge in [0.25, 0.3) is 5.91 Å². The lowest BCUT2D eigenvalue weighted by atomic mass is 9.94. The normalized spacial score (nSPS) is 11.9. The summed E-state index contributed by atoms with van der Waals surface area (Å²) in [5.74, 6) is -1.83. The third-order valence-corrected chi connectivity index (χ3v) is 3.31. The van der Waals surface area contributed by atoms with Crippen LogP contribution in [0.15, 0.2) is 18.3 Å². The summed E-state index contributed by atoms with van der Waals surface area (Å²) in [7, 11) is 0. The van der Waals surface area contributed by atoms with E-state index in [2.05, 4.69) is 10.3 Å². The number of carboxylic acid groups (broad SMARTS) is 1. The van der Waals surface area contributed by atoms with Gasteiger partial charge >= 0.3 is 5.97 Å². The zero-order chi connectivity index (χ0) is 15.7. The lowest BCUT2D eigenvalue weighted by Gasteiger charge is -2.15. The Balaban J connectivity index is 2.41. The number of aliphatic carboxylic acids is 1. The Hall–Kier alpha value is -1.98. The molecule has 0 aromatic carbocycles. The topological polar surface area (TPSA) is 79.3 Å². The SMILES string of the molecule is CCCC(CCNC(=O)c1cccnc1F)CCC(=O)O. The molecule has 5 nitrogen and oxygen atoms in total. The van der Waals surface area contributed by atoms with Crippen LogP contribution in [0.2, 0.25) is 0 Å². The molecule has 0 radical (unpaired) electrons. The Labute approximate surface area is 123 Å². The first-order chi connectivity index (χ1) is 10.0. The lowest BCUT2D eigenvalue weighted by molar-refractivity contribution is -0.137. The van der Waals surface area contributed by atoms with Gasteiger partial charge in [-0.3, -0.25) is 9.59 Å². The molecule has 1 rings (SSSR count). The van der Waals surface area contributed by atoms with Crippen LogP contribution < -0.4 is 5.32 Å². The van der Waals surface area contributed by atoms with Crippen molar-refractivity contribution in [1.29, 1.82) is 0 Å². The molecule has 0 aliphatic rings. The molecule has 2 N–H and O–H groups in total. The molecule has 1 unspecified atom stereocenters. The molecule has 0 aliphatic carbocycles. The highest BCUT2D eigenvalue weighted by molar-refractivity contribution is 5.94.